The van der Waals surface area contributed by atoms with E-state index >= 15 is 4.39 Å². The number of nitrogen functional groups attached to an aromatic ring is 1. The summed E-state index contributed by atoms with van der Waals surface area (Å²) in [5.41, 5.74) is 11.7. The third kappa shape index (κ3) is 3.69. The first-order chi connectivity index (χ1) is 16.4. The minimum atomic E-state index is -0.530. The monoisotopic (exact) mass is 455 g/mol. The number of rotatable bonds is 5. The van der Waals surface area contributed by atoms with Gasteiger partial charge in [-0.25, -0.2) is 14.4 Å². The van der Waals surface area contributed by atoms with E-state index in [0.29, 0.717) is 33.8 Å². The Morgan fingerprint density at radius 1 is 1.03 bits per heavy atom. The van der Waals surface area contributed by atoms with Crippen molar-refractivity contribution >= 4 is 16.7 Å². The zero-order valence-electron chi connectivity index (χ0n) is 18.7. The number of fused-ring (bicyclic) bond motifs is 1. The van der Waals surface area contributed by atoms with Crippen LogP contribution in [0.1, 0.15) is 16.7 Å². The molecular weight excluding hydrogens is 433 g/mol. The number of aromatic hydroxyl groups is 1. The lowest BCUT2D eigenvalue weighted by Gasteiger charge is -2.15. The molecule has 0 amide bonds. The number of aryl methyl sites for hydroxylation is 2. The van der Waals surface area contributed by atoms with Crippen molar-refractivity contribution in [2.75, 3.05) is 5.73 Å². The van der Waals surface area contributed by atoms with Crippen molar-refractivity contribution in [3.8, 4) is 28.7 Å². The summed E-state index contributed by atoms with van der Waals surface area (Å²) in [5.74, 6) is -0.612. The molecule has 0 spiro atoms. The Labute approximate surface area is 195 Å². The van der Waals surface area contributed by atoms with Crippen LogP contribution in [0.4, 0.5) is 10.1 Å². The van der Waals surface area contributed by atoms with Crippen LogP contribution in [0.25, 0.3) is 28.1 Å². The fourth-order valence-corrected chi connectivity index (χ4v) is 4.11. The number of ether oxygens (including phenoxy) is 1. The highest BCUT2D eigenvalue weighted by Gasteiger charge is 2.24. The minimum absolute atomic E-state index is 0.129. The van der Waals surface area contributed by atoms with Gasteiger partial charge in [0.1, 0.15) is 18.5 Å². The summed E-state index contributed by atoms with van der Waals surface area (Å²) in [6.45, 7) is 4.02. The first-order valence-corrected chi connectivity index (χ1v) is 10.7. The molecule has 170 valence electrons. The second-order valence-electron chi connectivity index (χ2n) is 8.03. The molecule has 3 N–H and O–H groups in total. The number of anilines is 1. The quantitative estimate of drug-likeness (QED) is 0.382. The van der Waals surface area contributed by atoms with Gasteiger partial charge in [0.25, 0.3) is 0 Å². The summed E-state index contributed by atoms with van der Waals surface area (Å²) < 4.78 is 22.6. The number of halogens is 1. The van der Waals surface area contributed by atoms with E-state index in [2.05, 4.69) is 15.0 Å². The van der Waals surface area contributed by atoms with Gasteiger partial charge in [0, 0.05) is 17.3 Å². The van der Waals surface area contributed by atoms with Gasteiger partial charge < -0.3 is 20.1 Å². The van der Waals surface area contributed by atoms with E-state index in [9.17, 15) is 5.11 Å². The molecule has 3 aromatic heterocycles. The Morgan fingerprint density at radius 2 is 1.82 bits per heavy atom. The van der Waals surface area contributed by atoms with Crippen molar-refractivity contribution in [2.24, 2.45) is 0 Å². The highest BCUT2D eigenvalue weighted by atomic mass is 19.1. The summed E-state index contributed by atoms with van der Waals surface area (Å²) in [5, 5.41) is 10.6. The molecule has 5 rings (SSSR count). The summed E-state index contributed by atoms with van der Waals surface area (Å²) in [7, 11) is 0. The van der Waals surface area contributed by atoms with E-state index in [1.165, 1.54) is 12.4 Å². The average Bonchev–Trinajstić information content (AvgIpc) is 3.12. The summed E-state index contributed by atoms with van der Waals surface area (Å²) in [6.07, 6.45) is 2.86. The van der Waals surface area contributed by atoms with Gasteiger partial charge in [-0.15, -0.1) is 0 Å². The zero-order chi connectivity index (χ0) is 23.8. The molecule has 0 fully saturated rings. The van der Waals surface area contributed by atoms with Crippen molar-refractivity contribution in [3.63, 3.8) is 0 Å². The van der Waals surface area contributed by atoms with Crippen LogP contribution in [0.3, 0.4) is 0 Å². The lowest BCUT2D eigenvalue weighted by molar-refractivity contribution is 0.290. The Kier molecular flexibility index (Phi) is 5.33. The average molecular weight is 455 g/mol. The molecule has 8 heteroatoms. The van der Waals surface area contributed by atoms with Crippen molar-refractivity contribution in [3.05, 3.63) is 89.6 Å². The molecule has 0 aliphatic carbocycles. The Bertz CT molecular complexity index is 1520. The molecule has 0 bridgehead atoms. The van der Waals surface area contributed by atoms with Gasteiger partial charge in [-0.2, -0.15) is 0 Å². The van der Waals surface area contributed by atoms with Crippen molar-refractivity contribution in [2.45, 2.75) is 20.5 Å². The molecule has 2 aromatic carbocycles. The second kappa shape index (κ2) is 8.47. The van der Waals surface area contributed by atoms with Crippen LogP contribution in [-0.4, -0.2) is 24.6 Å². The van der Waals surface area contributed by atoms with Gasteiger partial charge in [-0.3, -0.25) is 4.98 Å². The summed E-state index contributed by atoms with van der Waals surface area (Å²) in [4.78, 5) is 12.8. The molecular formula is C26H22FN5O2. The molecule has 3 heterocycles. The topological polar surface area (TPSA) is 99.1 Å². The first-order valence-electron chi connectivity index (χ1n) is 10.7. The number of aromatic nitrogens is 4. The first kappa shape index (κ1) is 21.4. The zero-order valence-corrected chi connectivity index (χ0v) is 18.7. The van der Waals surface area contributed by atoms with Gasteiger partial charge in [-0.05, 0) is 43.2 Å². The van der Waals surface area contributed by atoms with Gasteiger partial charge in [0.2, 0.25) is 5.88 Å². The molecule has 0 aliphatic heterocycles. The number of hydrogen-bond acceptors (Lipinski definition) is 6. The molecule has 34 heavy (non-hydrogen) atoms. The van der Waals surface area contributed by atoms with Gasteiger partial charge in [-0.1, -0.05) is 30.3 Å². The number of pyridine rings is 1. The number of nitrogens with two attached hydrogens (primary N) is 1. The van der Waals surface area contributed by atoms with Crippen LogP contribution >= 0.6 is 0 Å². The van der Waals surface area contributed by atoms with Crippen LogP contribution in [0.2, 0.25) is 0 Å². The van der Waals surface area contributed by atoms with Crippen molar-refractivity contribution in [1.82, 2.24) is 19.5 Å². The Balaban J connectivity index is 1.65. The molecule has 7 nitrogen and oxygen atoms in total. The van der Waals surface area contributed by atoms with Crippen LogP contribution in [0.5, 0.6) is 11.6 Å². The number of nitrogens with zero attached hydrogens (tertiary/aromatic N) is 4. The SMILES string of the molecule is Cc1cc(N)cnc1-c1c(C)c2ncnc(O)c2n1-c1ccc(OCc2ccccc2)c(F)c1. The highest BCUT2D eigenvalue weighted by molar-refractivity contribution is 5.93. The van der Waals surface area contributed by atoms with Crippen molar-refractivity contribution in [1.29, 1.82) is 0 Å². The van der Waals surface area contributed by atoms with E-state index in [0.717, 1.165) is 16.7 Å². The molecule has 0 saturated carbocycles. The fraction of sp³-hybridized carbons (Fsp3) is 0.115. The molecule has 5 aromatic rings. The van der Waals surface area contributed by atoms with Gasteiger partial charge in [0.05, 0.1) is 28.8 Å². The van der Waals surface area contributed by atoms with Crippen LogP contribution in [-0.2, 0) is 6.61 Å². The summed E-state index contributed by atoms with van der Waals surface area (Å²) in [6, 6.07) is 16.0. The lowest BCUT2D eigenvalue weighted by atomic mass is 10.1. The number of benzene rings is 2. The minimum Gasteiger partial charge on any atom is -0.492 e. The van der Waals surface area contributed by atoms with Crippen LogP contribution in [0.15, 0.2) is 67.1 Å². The third-order valence-electron chi connectivity index (χ3n) is 5.70. The lowest BCUT2D eigenvalue weighted by Crippen LogP contribution is -2.03. The van der Waals surface area contributed by atoms with Crippen LogP contribution in [0, 0.1) is 19.7 Å². The number of hydrogen-bond donors (Lipinski definition) is 2. The van der Waals surface area contributed by atoms with Crippen LogP contribution < -0.4 is 10.5 Å². The fourth-order valence-electron chi connectivity index (χ4n) is 4.11. The summed E-state index contributed by atoms with van der Waals surface area (Å²) >= 11 is 0. The second-order valence-corrected chi connectivity index (χ2v) is 8.03. The standard InChI is InChI=1S/C26H22FN5O2/c1-15-10-18(28)12-29-22(15)24-16(2)23-25(26(33)31-14-30-23)32(24)19-8-9-21(20(27)11-19)34-13-17-6-4-3-5-7-17/h3-12,14H,13,28H2,1-2H3,(H,30,31,33). The molecule has 0 aliphatic rings. The molecule has 0 radical (unpaired) electrons. The normalized spacial score (nSPS) is 11.1. The maximum atomic E-state index is 15.1. The highest BCUT2D eigenvalue weighted by Crippen LogP contribution is 2.39. The predicted octanol–water partition coefficient (Wildman–Crippen LogP) is 5.11. The molecule has 0 saturated heterocycles. The Morgan fingerprint density at radius 3 is 2.56 bits per heavy atom. The smallest absolute Gasteiger partial charge is 0.239 e. The van der Waals surface area contributed by atoms with Gasteiger partial charge in [0.15, 0.2) is 11.6 Å². The van der Waals surface area contributed by atoms with E-state index in [-0.39, 0.29) is 18.2 Å². The predicted molar refractivity (Wildman–Crippen MR) is 128 cm³/mol. The van der Waals surface area contributed by atoms with E-state index < -0.39 is 5.82 Å². The maximum absolute atomic E-state index is 15.1. The molecule has 0 atom stereocenters. The maximum Gasteiger partial charge on any atom is 0.239 e. The van der Waals surface area contributed by atoms with Crippen molar-refractivity contribution < 1.29 is 14.2 Å². The Hall–Kier alpha value is -4.46. The van der Waals surface area contributed by atoms with E-state index in [4.69, 9.17) is 10.5 Å². The largest absolute Gasteiger partial charge is 0.492 e. The van der Waals surface area contributed by atoms with E-state index in [1.807, 2.05) is 50.2 Å². The van der Waals surface area contributed by atoms with E-state index in [1.54, 1.807) is 22.9 Å². The molecule has 0 unspecified atom stereocenters. The van der Waals surface area contributed by atoms with Gasteiger partial charge >= 0.3 is 0 Å². The third-order valence-corrected chi connectivity index (χ3v) is 5.70.